The van der Waals surface area contributed by atoms with Crippen LogP contribution in [0.4, 0.5) is 0 Å². The lowest BCUT2D eigenvalue weighted by molar-refractivity contribution is 0.451. The van der Waals surface area contributed by atoms with Crippen molar-refractivity contribution in [3.05, 3.63) is 52.6 Å². The number of benzene rings is 1. The van der Waals surface area contributed by atoms with Gasteiger partial charge >= 0.3 is 0 Å². The van der Waals surface area contributed by atoms with E-state index in [2.05, 4.69) is 21.8 Å². The standard InChI is InChI=1S/C14H16ClN3/c15-11-4-1-3-10(7-11)8-12-9-18-6-2-5-13(16)14(18)17-12/h1,3-4,7,9,13H,2,5-6,8,16H2. The van der Waals surface area contributed by atoms with Crippen molar-refractivity contribution in [1.82, 2.24) is 9.55 Å². The molecule has 18 heavy (non-hydrogen) atoms. The highest BCUT2D eigenvalue weighted by Crippen LogP contribution is 2.23. The van der Waals surface area contributed by atoms with Crippen molar-refractivity contribution in [1.29, 1.82) is 0 Å². The van der Waals surface area contributed by atoms with Crippen LogP contribution in [-0.4, -0.2) is 9.55 Å². The summed E-state index contributed by atoms with van der Waals surface area (Å²) in [7, 11) is 0. The Hall–Kier alpha value is -1.32. The Kier molecular flexibility index (Phi) is 3.10. The SMILES string of the molecule is NC1CCCn2cc(Cc3cccc(Cl)c3)nc21. The predicted molar refractivity (Wildman–Crippen MR) is 72.6 cm³/mol. The van der Waals surface area contributed by atoms with Crippen LogP contribution in [0, 0.1) is 0 Å². The first-order chi connectivity index (χ1) is 8.72. The molecule has 0 saturated carbocycles. The fraction of sp³-hybridized carbons (Fsp3) is 0.357. The van der Waals surface area contributed by atoms with E-state index in [0.29, 0.717) is 0 Å². The highest BCUT2D eigenvalue weighted by atomic mass is 35.5. The summed E-state index contributed by atoms with van der Waals surface area (Å²) in [5, 5.41) is 0.771. The molecule has 0 fully saturated rings. The van der Waals surface area contributed by atoms with E-state index in [9.17, 15) is 0 Å². The second kappa shape index (κ2) is 4.75. The van der Waals surface area contributed by atoms with Gasteiger partial charge in [-0.05, 0) is 30.5 Å². The number of fused-ring (bicyclic) bond motifs is 1. The number of hydrogen-bond acceptors (Lipinski definition) is 2. The molecule has 0 spiro atoms. The van der Waals surface area contributed by atoms with Gasteiger partial charge in [0.25, 0.3) is 0 Å². The van der Waals surface area contributed by atoms with Crippen LogP contribution in [0.15, 0.2) is 30.5 Å². The fourth-order valence-corrected chi connectivity index (χ4v) is 2.73. The van der Waals surface area contributed by atoms with E-state index < -0.39 is 0 Å². The molecule has 3 nitrogen and oxygen atoms in total. The molecule has 2 aromatic rings. The van der Waals surface area contributed by atoms with E-state index in [4.69, 9.17) is 17.3 Å². The van der Waals surface area contributed by atoms with Gasteiger partial charge in [-0.1, -0.05) is 23.7 Å². The molecule has 1 aromatic carbocycles. The average Bonchev–Trinajstić information content (AvgIpc) is 2.73. The zero-order valence-corrected chi connectivity index (χ0v) is 10.9. The summed E-state index contributed by atoms with van der Waals surface area (Å²) in [5.74, 6) is 1.03. The van der Waals surface area contributed by atoms with E-state index in [1.165, 1.54) is 5.56 Å². The van der Waals surface area contributed by atoms with E-state index in [0.717, 1.165) is 42.3 Å². The van der Waals surface area contributed by atoms with Crippen LogP contribution < -0.4 is 5.73 Å². The van der Waals surface area contributed by atoms with Gasteiger partial charge in [0.1, 0.15) is 5.82 Å². The summed E-state index contributed by atoms with van der Waals surface area (Å²) in [6.45, 7) is 1.03. The van der Waals surface area contributed by atoms with Crippen molar-refractivity contribution in [2.24, 2.45) is 5.73 Å². The number of nitrogens with zero attached hydrogens (tertiary/aromatic N) is 2. The number of imidazole rings is 1. The smallest absolute Gasteiger partial charge is 0.125 e. The van der Waals surface area contributed by atoms with E-state index in [1.54, 1.807) is 0 Å². The quantitative estimate of drug-likeness (QED) is 0.903. The monoisotopic (exact) mass is 261 g/mol. The van der Waals surface area contributed by atoms with Crippen molar-refractivity contribution in [2.45, 2.75) is 31.8 Å². The fourth-order valence-electron chi connectivity index (χ4n) is 2.51. The highest BCUT2D eigenvalue weighted by molar-refractivity contribution is 6.30. The molecule has 2 N–H and O–H groups in total. The van der Waals surface area contributed by atoms with E-state index in [1.807, 2.05) is 18.2 Å². The summed E-state index contributed by atoms with van der Waals surface area (Å²) in [4.78, 5) is 4.65. The summed E-state index contributed by atoms with van der Waals surface area (Å²) in [5.41, 5.74) is 8.33. The molecule has 0 radical (unpaired) electrons. The molecule has 1 aliphatic heterocycles. The number of aryl methyl sites for hydroxylation is 1. The molecule has 3 rings (SSSR count). The van der Waals surface area contributed by atoms with Crippen molar-refractivity contribution >= 4 is 11.6 Å². The summed E-state index contributed by atoms with van der Waals surface area (Å²) < 4.78 is 2.19. The van der Waals surface area contributed by atoms with Crippen LogP contribution in [0.25, 0.3) is 0 Å². The summed E-state index contributed by atoms with van der Waals surface area (Å²) >= 11 is 5.99. The van der Waals surface area contributed by atoms with Gasteiger partial charge in [-0.2, -0.15) is 0 Å². The molecule has 94 valence electrons. The zero-order valence-electron chi connectivity index (χ0n) is 10.1. The van der Waals surface area contributed by atoms with Crippen molar-refractivity contribution < 1.29 is 0 Å². The maximum atomic E-state index is 6.07. The second-order valence-electron chi connectivity index (χ2n) is 4.84. The third kappa shape index (κ3) is 2.28. The van der Waals surface area contributed by atoms with E-state index in [-0.39, 0.29) is 6.04 Å². The highest BCUT2D eigenvalue weighted by Gasteiger charge is 2.19. The lowest BCUT2D eigenvalue weighted by Crippen LogP contribution is -2.21. The molecule has 0 aliphatic carbocycles. The molecule has 0 bridgehead atoms. The number of halogens is 1. The summed E-state index contributed by atoms with van der Waals surface area (Å²) in [6, 6.07) is 8.01. The Bertz CT molecular complexity index is 562. The van der Waals surface area contributed by atoms with Crippen LogP contribution in [0.1, 0.15) is 36.0 Å². The van der Waals surface area contributed by atoms with Crippen LogP contribution >= 0.6 is 11.6 Å². The lowest BCUT2D eigenvalue weighted by Gasteiger charge is -2.19. The van der Waals surface area contributed by atoms with Crippen LogP contribution in [0.5, 0.6) is 0 Å². The molecule has 0 amide bonds. The van der Waals surface area contributed by atoms with Crippen LogP contribution in [0.3, 0.4) is 0 Å². The number of rotatable bonds is 2. The van der Waals surface area contributed by atoms with Gasteiger partial charge in [0.05, 0.1) is 11.7 Å². The minimum Gasteiger partial charge on any atom is -0.333 e. The third-order valence-corrected chi connectivity index (χ3v) is 3.61. The van der Waals surface area contributed by atoms with Crippen LogP contribution in [0.2, 0.25) is 5.02 Å². The molecule has 4 heteroatoms. The maximum absolute atomic E-state index is 6.07. The predicted octanol–water partition coefficient (Wildman–Crippen LogP) is 2.92. The van der Waals surface area contributed by atoms with Gasteiger partial charge < -0.3 is 10.3 Å². The molecule has 1 unspecified atom stereocenters. The lowest BCUT2D eigenvalue weighted by atomic mass is 10.1. The van der Waals surface area contributed by atoms with Crippen molar-refractivity contribution in [2.75, 3.05) is 0 Å². The average molecular weight is 262 g/mol. The van der Waals surface area contributed by atoms with Gasteiger partial charge in [0, 0.05) is 24.2 Å². The molecular weight excluding hydrogens is 246 g/mol. The topological polar surface area (TPSA) is 43.8 Å². The molecule has 1 aromatic heterocycles. The Morgan fingerprint density at radius 1 is 1.44 bits per heavy atom. The Labute approximate surface area is 112 Å². The summed E-state index contributed by atoms with van der Waals surface area (Å²) in [6.07, 6.45) is 5.11. The Balaban J connectivity index is 1.85. The first kappa shape index (κ1) is 11.8. The van der Waals surface area contributed by atoms with Crippen LogP contribution in [-0.2, 0) is 13.0 Å². The second-order valence-corrected chi connectivity index (χ2v) is 5.28. The minimum atomic E-state index is 0.0897. The van der Waals surface area contributed by atoms with Gasteiger partial charge in [-0.15, -0.1) is 0 Å². The van der Waals surface area contributed by atoms with Gasteiger partial charge in [-0.3, -0.25) is 0 Å². The maximum Gasteiger partial charge on any atom is 0.125 e. The Morgan fingerprint density at radius 2 is 2.33 bits per heavy atom. The molecule has 0 saturated heterocycles. The van der Waals surface area contributed by atoms with Gasteiger partial charge in [0.2, 0.25) is 0 Å². The first-order valence-corrected chi connectivity index (χ1v) is 6.66. The first-order valence-electron chi connectivity index (χ1n) is 6.28. The van der Waals surface area contributed by atoms with Crippen molar-refractivity contribution in [3.8, 4) is 0 Å². The largest absolute Gasteiger partial charge is 0.333 e. The zero-order chi connectivity index (χ0) is 12.5. The molecule has 2 heterocycles. The van der Waals surface area contributed by atoms with E-state index >= 15 is 0 Å². The van der Waals surface area contributed by atoms with Crippen molar-refractivity contribution in [3.63, 3.8) is 0 Å². The minimum absolute atomic E-state index is 0.0897. The third-order valence-electron chi connectivity index (χ3n) is 3.38. The number of aromatic nitrogens is 2. The molecule has 1 atom stereocenters. The number of hydrogen-bond donors (Lipinski definition) is 1. The number of nitrogens with two attached hydrogens (primary N) is 1. The normalized spacial score (nSPS) is 18.7. The Morgan fingerprint density at radius 3 is 3.11 bits per heavy atom. The molecular formula is C14H16ClN3. The molecule has 1 aliphatic rings. The van der Waals surface area contributed by atoms with Gasteiger partial charge in [-0.25, -0.2) is 4.98 Å². The van der Waals surface area contributed by atoms with Gasteiger partial charge in [0.15, 0.2) is 0 Å².